The van der Waals surface area contributed by atoms with Crippen LogP contribution in [0.5, 0.6) is 0 Å². The Hall–Kier alpha value is -2.62. The van der Waals surface area contributed by atoms with Crippen molar-refractivity contribution < 1.29 is 9.90 Å². The van der Waals surface area contributed by atoms with E-state index in [2.05, 4.69) is 11.4 Å². The van der Waals surface area contributed by atoms with Crippen molar-refractivity contribution in [3.63, 3.8) is 0 Å². The summed E-state index contributed by atoms with van der Waals surface area (Å²) in [6.07, 6.45) is 0. The first-order valence-electron chi connectivity index (χ1n) is 8.33. The summed E-state index contributed by atoms with van der Waals surface area (Å²) < 4.78 is 1.90. The molecule has 0 fully saturated rings. The van der Waals surface area contributed by atoms with Crippen LogP contribution in [0, 0.1) is 25.2 Å². The van der Waals surface area contributed by atoms with Gasteiger partial charge in [-0.15, -0.1) is 0 Å². The van der Waals surface area contributed by atoms with Gasteiger partial charge in [-0.05, 0) is 38.1 Å². The first-order chi connectivity index (χ1) is 12.0. The summed E-state index contributed by atoms with van der Waals surface area (Å²) in [7, 11) is 0. The normalized spacial score (nSPS) is 10.7. The summed E-state index contributed by atoms with van der Waals surface area (Å²) in [5.74, 6) is 0.287. The molecule has 6 heteroatoms. The van der Waals surface area contributed by atoms with E-state index in [4.69, 9.17) is 5.11 Å². The number of aliphatic hydroxyl groups is 1. The largest absolute Gasteiger partial charge is 0.395 e. The Balaban J connectivity index is 2.38. The van der Waals surface area contributed by atoms with Crippen LogP contribution in [-0.2, 0) is 4.79 Å². The molecule has 132 valence electrons. The van der Waals surface area contributed by atoms with Gasteiger partial charge in [-0.2, -0.15) is 5.26 Å². The Kier molecular flexibility index (Phi) is 6.34. The number of nitrogens with zero attached hydrogens (tertiary/aromatic N) is 3. The molecule has 1 aromatic heterocycles. The summed E-state index contributed by atoms with van der Waals surface area (Å²) in [6, 6.07) is 11.8. The molecular weight excluding hydrogens is 316 g/mol. The topological polar surface area (TPSA) is 81.3 Å². The standard InChI is InChI=1S/C19H24N4O2/c1-4-22(10-11-24)13-18(25)21-19-17(12-20)14(2)15(3)23(19)16-8-6-5-7-9-16/h5-9,24H,4,10-11,13H2,1-3H3,(H,21,25). The lowest BCUT2D eigenvalue weighted by Gasteiger charge is -2.19. The summed E-state index contributed by atoms with van der Waals surface area (Å²) in [4.78, 5) is 14.3. The first-order valence-corrected chi connectivity index (χ1v) is 8.33. The van der Waals surface area contributed by atoms with Crippen molar-refractivity contribution >= 4 is 11.7 Å². The average molecular weight is 340 g/mol. The molecule has 1 aromatic carbocycles. The molecule has 0 atom stereocenters. The maximum absolute atomic E-state index is 12.5. The van der Waals surface area contributed by atoms with Crippen LogP contribution in [0.25, 0.3) is 5.69 Å². The van der Waals surface area contributed by atoms with E-state index in [0.29, 0.717) is 24.5 Å². The van der Waals surface area contributed by atoms with Gasteiger partial charge in [0, 0.05) is 17.9 Å². The molecule has 0 unspecified atom stereocenters. The minimum atomic E-state index is -0.207. The third kappa shape index (κ3) is 4.08. The molecule has 0 radical (unpaired) electrons. The highest BCUT2D eigenvalue weighted by atomic mass is 16.3. The summed E-state index contributed by atoms with van der Waals surface area (Å²) in [6.45, 7) is 7.02. The summed E-state index contributed by atoms with van der Waals surface area (Å²) >= 11 is 0. The zero-order chi connectivity index (χ0) is 18.4. The molecule has 0 spiro atoms. The lowest BCUT2D eigenvalue weighted by atomic mass is 10.2. The predicted molar refractivity (Wildman–Crippen MR) is 97.8 cm³/mol. The number of carbonyl (C=O) groups excluding carboxylic acids is 1. The summed E-state index contributed by atoms with van der Waals surface area (Å²) in [5.41, 5.74) is 3.13. The minimum Gasteiger partial charge on any atom is -0.395 e. The molecule has 0 saturated heterocycles. The van der Waals surface area contributed by atoms with E-state index < -0.39 is 0 Å². The van der Waals surface area contributed by atoms with Gasteiger partial charge in [0.15, 0.2) is 0 Å². The van der Waals surface area contributed by atoms with Gasteiger partial charge in [0.1, 0.15) is 11.9 Å². The third-order valence-corrected chi connectivity index (χ3v) is 4.33. The fourth-order valence-corrected chi connectivity index (χ4v) is 2.83. The van der Waals surface area contributed by atoms with Crippen LogP contribution < -0.4 is 5.32 Å². The molecule has 2 N–H and O–H groups in total. The van der Waals surface area contributed by atoms with Crippen molar-refractivity contribution in [2.75, 3.05) is 31.6 Å². The van der Waals surface area contributed by atoms with Crippen LogP contribution in [0.4, 0.5) is 5.82 Å². The number of hydrogen-bond acceptors (Lipinski definition) is 4. The van der Waals surface area contributed by atoms with E-state index in [9.17, 15) is 10.1 Å². The second kappa shape index (κ2) is 8.47. The van der Waals surface area contributed by atoms with Gasteiger partial charge in [0.2, 0.25) is 5.91 Å². The number of hydrogen-bond donors (Lipinski definition) is 2. The second-order valence-electron chi connectivity index (χ2n) is 5.86. The van der Waals surface area contributed by atoms with E-state index in [-0.39, 0.29) is 19.1 Å². The van der Waals surface area contributed by atoms with E-state index in [1.807, 2.05) is 60.6 Å². The van der Waals surface area contributed by atoms with E-state index in [0.717, 1.165) is 16.9 Å². The van der Waals surface area contributed by atoms with Crippen molar-refractivity contribution in [1.82, 2.24) is 9.47 Å². The minimum absolute atomic E-state index is 0.00315. The third-order valence-electron chi connectivity index (χ3n) is 4.33. The number of aliphatic hydroxyl groups excluding tert-OH is 1. The fourth-order valence-electron chi connectivity index (χ4n) is 2.83. The Morgan fingerprint density at radius 1 is 1.32 bits per heavy atom. The SMILES string of the molecule is CCN(CCO)CC(=O)Nc1c(C#N)c(C)c(C)n1-c1ccccc1. The Morgan fingerprint density at radius 3 is 2.56 bits per heavy atom. The molecule has 1 amide bonds. The van der Waals surface area contributed by atoms with Crippen LogP contribution in [0.1, 0.15) is 23.7 Å². The number of aromatic nitrogens is 1. The highest BCUT2D eigenvalue weighted by Gasteiger charge is 2.21. The number of anilines is 1. The molecule has 0 bridgehead atoms. The molecule has 0 aliphatic carbocycles. The molecule has 2 aromatic rings. The van der Waals surface area contributed by atoms with Crippen LogP contribution in [0.3, 0.4) is 0 Å². The molecule has 25 heavy (non-hydrogen) atoms. The van der Waals surface area contributed by atoms with Crippen molar-refractivity contribution in [3.05, 3.63) is 47.2 Å². The quantitative estimate of drug-likeness (QED) is 0.810. The molecule has 0 saturated carbocycles. The highest BCUT2D eigenvalue weighted by Crippen LogP contribution is 2.29. The predicted octanol–water partition coefficient (Wildman–Crippen LogP) is 2.22. The first kappa shape index (κ1) is 18.7. The van der Waals surface area contributed by atoms with E-state index in [1.54, 1.807) is 0 Å². The van der Waals surface area contributed by atoms with Gasteiger partial charge >= 0.3 is 0 Å². The summed E-state index contributed by atoms with van der Waals surface area (Å²) in [5, 5.41) is 21.5. The zero-order valence-corrected chi connectivity index (χ0v) is 14.9. The van der Waals surface area contributed by atoms with E-state index >= 15 is 0 Å². The average Bonchev–Trinajstić information content (AvgIpc) is 2.85. The molecule has 2 rings (SSSR count). The number of amides is 1. The van der Waals surface area contributed by atoms with Crippen LogP contribution in [-0.4, -0.2) is 46.7 Å². The Morgan fingerprint density at radius 2 is 2.00 bits per heavy atom. The van der Waals surface area contributed by atoms with Gasteiger partial charge in [-0.25, -0.2) is 0 Å². The monoisotopic (exact) mass is 340 g/mol. The van der Waals surface area contributed by atoms with Crippen molar-refractivity contribution in [3.8, 4) is 11.8 Å². The van der Waals surface area contributed by atoms with E-state index in [1.165, 1.54) is 0 Å². The highest BCUT2D eigenvalue weighted by molar-refractivity contribution is 5.93. The number of nitriles is 1. The van der Waals surface area contributed by atoms with Crippen molar-refractivity contribution in [1.29, 1.82) is 5.26 Å². The van der Waals surface area contributed by atoms with Crippen molar-refractivity contribution in [2.24, 2.45) is 0 Å². The number of likely N-dealkylation sites (N-methyl/N-ethyl adjacent to an activating group) is 1. The molecule has 0 aliphatic heterocycles. The maximum Gasteiger partial charge on any atom is 0.239 e. The number of benzene rings is 1. The lowest BCUT2D eigenvalue weighted by molar-refractivity contribution is -0.117. The molecule has 6 nitrogen and oxygen atoms in total. The number of nitrogens with one attached hydrogen (secondary N) is 1. The molecule has 1 heterocycles. The van der Waals surface area contributed by atoms with Crippen LogP contribution in [0.15, 0.2) is 30.3 Å². The van der Waals surface area contributed by atoms with Gasteiger partial charge in [0.05, 0.1) is 18.7 Å². The number of rotatable bonds is 7. The molecular formula is C19H24N4O2. The maximum atomic E-state index is 12.5. The zero-order valence-electron chi connectivity index (χ0n) is 14.9. The lowest BCUT2D eigenvalue weighted by Crippen LogP contribution is -2.35. The number of para-hydroxylation sites is 1. The Labute approximate surface area is 148 Å². The second-order valence-corrected chi connectivity index (χ2v) is 5.86. The van der Waals surface area contributed by atoms with Crippen LogP contribution in [0.2, 0.25) is 0 Å². The molecule has 0 aliphatic rings. The smallest absolute Gasteiger partial charge is 0.239 e. The van der Waals surface area contributed by atoms with Crippen LogP contribution >= 0.6 is 0 Å². The fraction of sp³-hybridized carbons (Fsp3) is 0.368. The van der Waals surface area contributed by atoms with Gasteiger partial charge in [-0.3, -0.25) is 14.3 Å². The Bertz CT molecular complexity index is 775. The number of carbonyl (C=O) groups is 1. The van der Waals surface area contributed by atoms with Gasteiger partial charge in [-0.1, -0.05) is 25.1 Å². The van der Waals surface area contributed by atoms with Gasteiger partial charge < -0.3 is 10.4 Å². The van der Waals surface area contributed by atoms with Crippen molar-refractivity contribution in [2.45, 2.75) is 20.8 Å². The van der Waals surface area contributed by atoms with Gasteiger partial charge in [0.25, 0.3) is 0 Å².